The number of halogens is 1. The van der Waals surface area contributed by atoms with Crippen molar-refractivity contribution in [3.8, 4) is 22.6 Å². The van der Waals surface area contributed by atoms with E-state index in [2.05, 4.69) is 152 Å². The van der Waals surface area contributed by atoms with E-state index >= 15 is 0 Å². The van der Waals surface area contributed by atoms with Gasteiger partial charge in [-0.3, -0.25) is 9.97 Å². The molecule has 0 aliphatic carbocycles. The molecule has 0 radical (unpaired) electrons. The maximum absolute atomic E-state index is 6.16. The van der Waals surface area contributed by atoms with Gasteiger partial charge in [-0.25, -0.2) is 9.97 Å². The number of hydrogen-bond acceptors (Lipinski definition) is 10. The Hall–Kier alpha value is -7.25. The number of nitrogens with one attached hydrogen (secondary N) is 1. The summed E-state index contributed by atoms with van der Waals surface area (Å²) in [5.41, 5.74) is 14.8. The van der Waals surface area contributed by atoms with Crippen LogP contribution < -0.4 is 11.1 Å². The predicted molar refractivity (Wildman–Crippen MR) is 324 cm³/mol. The first-order chi connectivity index (χ1) is 37.3. The van der Waals surface area contributed by atoms with Crippen molar-refractivity contribution in [1.82, 2.24) is 29.1 Å². The molecular weight excluding hydrogens is 1060 g/mol. The molecule has 0 saturated carbocycles. The van der Waals surface area contributed by atoms with E-state index < -0.39 is 16.1 Å². The van der Waals surface area contributed by atoms with E-state index in [9.17, 15) is 0 Å². The fourth-order valence-corrected chi connectivity index (χ4v) is 11.0. The van der Waals surface area contributed by atoms with Gasteiger partial charge in [0.25, 0.3) is 0 Å². The summed E-state index contributed by atoms with van der Waals surface area (Å²) in [5.74, 6) is 1.67. The van der Waals surface area contributed by atoms with Gasteiger partial charge in [-0.1, -0.05) is 99.9 Å². The third-order valence-electron chi connectivity index (χ3n) is 13.5. The van der Waals surface area contributed by atoms with Crippen LogP contribution >= 0.6 is 15.9 Å². The second-order valence-corrected chi connectivity index (χ2v) is 33.8. The molecule has 0 unspecified atom stereocenters. The molecule has 0 aliphatic rings. The minimum absolute atomic E-state index is 0.522. The van der Waals surface area contributed by atoms with E-state index in [0.29, 0.717) is 26.6 Å². The van der Waals surface area contributed by atoms with Crippen LogP contribution in [-0.4, -0.2) is 58.4 Å². The van der Waals surface area contributed by atoms with Crippen LogP contribution in [0.5, 0.6) is 0 Å². The van der Waals surface area contributed by atoms with Gasteiger partial charge in [0.15, 0.2) is 0 Å². The van der Waals surface area contributed by atoms with Crippen LogP contribution in [0.25, 0.3) is 88.2 Å². The summed E-state index contributed by atoms with van der Waals surface area (Å²) in [6.07, 6.45) is 15.2. The largest absolute Gasteiger partial charge is 0.456 e. The maximum Gasteiger partial charge on any atom is 0.143 e. The number of rotatable bonds is 16. The van der Waals surface area contributed by atoms with E-state index in [1.807, 2.05) is 109 Å². The van der Waals surface area contributed by atoms with Gasteiger partial charge < -0.3 is 38.5 Å². The van der Waals surface area contributed by atoms with Gasteiger partial charge in [0.2, 0.25) is 0 Å². The third-order valence-corrected chi connectivity index (χ3v) is 17.6. The summed E-state index contributed by atoms with van der Waals surface area (Å²) in [6.45, 7) is 18.1. The third kappa shape index (κ3) is 13.0. The number of fused-ring (bicyclic) bond motifs is 6. The Balaban J connectivity index is 0.000000145. The second kappa shape index (κ2) is 23.6. The van der Waals surface area contributed by atoms with Gasteiger partial charge in [0, 0.05) is 146 Å². The van der Waals surface area contributed by atoms with Gasteiger partial charge in [0.05, 0.1) is 0 Å². The highest BCUT2D eigenvalue weighted by molar-refractivity contribution is 9.10. The van der Waals surface area contributed by atoms with Crippen molar-refractivity contribution in [2.24, 2.45) is 5.73 Å². The summed E-state index contributed by atoms with van der Waals surface area (Å²) in [6, 6.07) is 43.4. The first-order valence-corrected chi connectivity index (χ1v) is 34.3. The predicted octanol–water partition coefficient (Wildman–Crippen LogP) is 16.1. The van der Waals surface area contributed by atoms with Crippen LogP contribution in [0.1, 0.15) is 11.1 Å². The van der Waals surface area contributed by atoms with Gasteiger partial charge >= 0.3 is 0 Å². The lowest BCUT2D eigenvalue weighted by Gasteiger charge is -2.15. The summed E-state index contributed by atoms with van der Waals surface area (Å²) in [7, 11) is -2.10. The fourth-order valence-electron chi connectivity index (χ4n) is 9.07. The number of anilines is 1. The molecule has 0 fully saturated rings. The normalized spacial score (nSPS) is 11.9. The number of nitrogens with two attached hydrogens (primary N) is 1. The van der Waals surface area contributed by atoms with E-state index in [1.165, 1.54) is 11.6 Å². The van der Waals surface area contributed by atoms with E-state index in [1.54, 1.807) is 0 Å². The quantitative estimate of drug-likeness (QED) is 0.0709. The lowest BCUT2D eigenvalue weighted by atomic mass is 10.0. The van der Waals surface area contributed by atoms with Crippen molar-refractivity contribution < 1.29 is 18.3 Å². The van der Waals surface area contributed by atoms with Crippen molar-refractivity contribution in [3.05, 3.63) is 187 Å². The smallest absolute Gasteiger partial charge is 0.143 e. The van der Waals surface area contributed by atoms with Crippen molar-refractivity contribution in [2.45, 2.75) is 77.9 Å². The van der Waals surface area contributed by atoms with Crippen LogP contribution in [0.3, 0.4) is 0 Å². The molecule has 0 amide bonds. The Kier molecular flexibility index (Phi) is 16.3. The minimum Gasteiger partial charge on any atom is -0.456 e. The maximum atomic E-state index is 6.16. The molecule has 4 aromatic carbocycles. The number of nitrogens with zero attached hydrogens (tertiary/aromatic N) is 6. The topological polar surface area (TPSA) is 144 Å². The van der Waals surface area contributed by atoms with E-state index in [4.69, 9.17) is 24.0 Å². The van der Waals surface area contributed by atoms with Crippen molar-refractivity contribution in [2.75, 3.05) is 18.5 Å². The second-order valence-electron chi connectivity index (χ2n) is 21.7. The molecule has 8 heterocycles. The summed E-state index contributed by atoms with van der Waals surface area (Å²) in [5, 5.41) is 12.4. The van der Waals surface area contributed by atoms with E-state index in [-0.39, 0.29) is 0 Å². The average Bonchev–Trinajstić information content (AvgIpc) is 4.31. The molecule has 0 bridgehead atoms. The highest BCUT2D eigenvalue weighted by Crippen LogP contribution is 2.35. The van der Waals surface area contributed by atoms with Gasteiger partial charge in [0.1, 0.15) is 47.4 Å². The van der Waals surface area contributed by atoms with Gasteiger partial charge in [-0.05, 0) is 111 Å². The monoisotopic (exact) mass is 1120 g/mol. The molecule has 12 rings (SSSR count). The Morgan fingerprint density at radius 3 is 1.60 bits per heavy atom. The first-order valence-electron chi connectivity index (χ1n) is 26.1. The van der Waals surface area contributed by atoms with Crippen molar-refractivity contribution in [3.63, 3.8) is 0 Å². The van der Waals surface area contributed by atoms with Gasteiger partial charge in [-0.15, -0.1) is 0 Å². The first kappa shape index (κ1) is 53.2. The summed E-state index contributed by atoms with van der Waals surface area (Å²) in [4.78, 5) is 17.8. The number of pyridine rings is 4. The molecule has 0 saturated heterocycles. The fraction of sp³-hybridized carbons (Fsp3) is 0.226. The molecule has 12 nitrogen and oxygen atoms in total. The zero-order valence-corrected chi connectivity index (χ0v) is 48.2. The molecule has 3 N–H and O–H groups in total. The molecule has 15 heteroatoms. The lowest BCUT2D eigenvalue weighted by Crippen LogP contribution is -2.22. The van der Waals surface area contributed by atoms with Crippen molar-refractivity contribution in [1.29, 1.82) is 0 Å². The van der Waals surface area contributed by atoms with Crippen molar-refractivity contribution >= 4 is 103 Å². The number of benzene rings is 4. The number of hydrogen-bond donors (Lipinski definition) is 2. The van der Waals surface area contributed by atoms with Crippen LogP contribution in [0.2, 0.25) is 51.4 Å². The highest BCUT2D eigenvalue weighted by Gasteiger charge is 2.16. The summed E-state index contributed by atoms with van der Waals surface area (Å²) >= 11 is 3.53. The molecule has 0 atom stereocenters. The summed E-state index contributed by atoms with van der Waals surface area (Å²) < 4.78 is 29.0. The number of ether oxygens (including phenoxy) is 2. The number of aromatic nitrogens is 6. The van der Waals surface area contributed by atoms with Crippen LogP contribution in [-0.2, 0) is 36.0 Å². The average molecular weight is 1120 g/mol. The van der Waals surface area contributed by atoms with Crippen LogP contribution in [0, 0.1) is 0 Å². The molecule has 8 aromatic heterocycles. The zero-order valence-electron chi connectivity index (χ0n) is 44.6. The van der Waals surface area contributed by atoms with Gasteiger partial charge in [-0.2, -0.15) is 0 Å². The molecule has 12 aromatic rings. The lowest BCUT2D eigenvalue weighted by molar-refractivity contribution is 0.0898. The van der Waals surface area contributed by atoms with E-state index in [0.717, 1.165) is 123 Å². The Labute approximate surface area is 459 Å². The zero-order chi connectivity index (χ0) is 53.5. The van der Waals surface area contributed by atoms with Crippen LogP contribution in [0.4, 0.5) is 5.69 Å². The standard InChI is InChI=1S/C31H32N4O2Si.C18H14N2O.C13H19BrN2OSi/c1-38(2,3)15-14-36-21-35-13-11-25-28(10-12-33-31(25)35)34-18-22-8-9-24-19-32-20-27(26(24)16-22)30-17-23-6-4-5-7-29(23)37-30;19-9-12-5-6-14-10-20-11-16(15(14)7-12)18-8-13-3-1-2-4-17(13)21-18;1-18(2,3)9-8-17-10-16-7-5-11-12(14)4-6-15-13(11)16/h4-13,16-17,19-20H,14-15,18,21H2,1-3H3,(H,33,34);1-8,10-11H,9,19H2;4-7H,8-10H2,1-3H3. The minimum atomic E-state index is -1.10. The van der Waals surface area contributed by atoms with Crippen LogP contribution in [0.15, 0.2) is 184 Å². The molecule has 392 valence electrons. The highest BCUT2D eigenvalue weighted by atomic mass is 79.9. The molecular formula is C62H65BrN8O4Si2. The molecule has 0 aliphatic heterocycles. The Morgan fingerprint density at radius 1 is 0.545 bits per heavy atom. The SMILES string of the molecule is C[Si](C)(C)CCOCn1ccc2c(Br)ccnc21.C[Si](C)(C)CCOCn1ccc2c(NCc3ccc4cncc(-c5cc6ccccc6o5)c4c3)ccnc21.NCc1ccc2cncc(-c3cc4ccccc4o3)c2c1. The Morgan fingerprint density at radius 2 is 1.05 bits per heavy atom. The molecule has 77 heavy (non-hydrogen) atoms. The molecule has 0 spiro atoms. The Bertz CT molecular complexity index is 3900. The number of para-hydroxylation sites is 2. The number of furan rings is 2.